The minimum Gasteiger partial charge on any atom is -0.497 e. The van der Waals surface area contributed by atoms with Gasteiger partial charge >= 0.3 is 5.97 Å². The summed E-state index contributed by atoms with van der Waals surface area (Å²) >= 11 is 6.07. The Morgan fingerprint density at radius 3 is 2.58 bits per heavy atom. The van der Waals surface area contributed by atoms with Gasteiger partial charge in [-0.05, 0) is 78.1 Å². The fourth-order valence-electron chi connectivity index (χ4n) is 3.90. The van der Waals surface area contributed by atoms with E-state index in [4.69, 9.17) is 21.4 Å². The zero-order chi connectivity index (χ0) is 23.8. The molecule has 0 aliphatic rings. The molecule has 3 aromatic carbocycles. The molecule has 0 bridgehead atoms. The lowest BCUT2D eigenvalue weighted by Gasteiger charge is -2.11. The van der Waals surface area contributed by atoms with Gasteiger partial charge in [-0.3, -0.25) is 4.79 Å². The number of fused-ring (bicyclic) bond motifs is 1. The first-order valence-corrected chi connectivity index (χ1v) is 12.0. The van der Waals surface area contributed by atoms with Gasteiger partial charge in [0.2, 0.25) is 0 Å². The average Bonchev–Trinajstić information content (AvgIpc) is 3.16. The Bertz CT molecular complexity index is 1470. The van der Waals surface area contributed by atoms with Crippen LogP contribution in [0.1, 0.15) is 17.5 Å². The second kappa shape index (κ2) is 8.92. The van der Waals surface area contributed by atoms with Crippen molar-refractivity contribution in [1.29, 1.82) is 0 Å². The summed E-state index contributed by atoms with van der Waals surface area (Å²) in [5, 5.41) is 10.4. The Labute approximate surface area is 197 Å². The second-order valence-electron chi connectivity index (χ2n) is 7.72. The van der Waals surface area contributed by atoms with Crippen LogP contribution in [-0.2, 0) is 21.2 Å². The highest BCUT2D eigenvalue weighted by molar-refractivity contribution is 7.90. The highest BCUT2D eigenvalue weighted by atomic mass is 35.5. The predicted octanol–water partition coefficient (Wildman–Crippen LogP) is 5.53. The summed E-state index contributed by atoms with van der Waals surface area (Å²) in [6.07, 6.45) is 1.59. The molecule has 8 heteroatoms. The third kappa shape index (κ3) is 4.47. The summed E-state index contributed by atoms with van der Waals surface area (Å²) in [6.45, 7) is 1.92. The van der Waals surface area contributed by atoms with Gasteiger partial charge in [0.05, 0.1) is 17.5 Å². The number of carbonyl (C=O) groups is 1. The van der Waals surface area contributed by atoms with Gasteiger partial charge in [-0.25, -0.2) is 12.4 Å². The van der Waals surface area contributed by atoms with Crippen LogP contribution in [0.5, 0.6) is 5.75 Å². The Morgan fingerprint density at radius 1 is 1.09 bits per heavy atom. The van der Waals surface area contributed by atoms with Crippen molar-refractivity contribution < 1.29 is 23.1 Å². The van der Waals surface area contributed by atoms with E-state index >= 15 is 0 Å². The first-order chi connectivity index (χ1) is 15.7. The molecule has 1 N–H and O–H groups in total. The number of carboxylic acids is 1. The van der Waals surface area contributed by atoms with Crippen molar-refractivity contribution in [1.82, 2.24) is 3.97 Å². The molecule has 0 fully saturated rings. The molecule has 1 heterocycles. The Hall–Kier alpha value is -3.29. The van der Waals surface area contributed by atoms with Crippen LogP contribution in [0.4, 0.5) is 0 Å². The Kier molecular flexibility index (Phi) is 6.19. The zero-order valence-corrected chi connectivity index (χ0v) is 19.7. The van der Waals surface area contributed by atoms with Crippen molar-refractivity contribution in [2.45, 2.75) is 24.7 Å². The first kappa shape index (κ1) is 22.9. The van der Waals surface area contributed by atoms with Crippen LogP contribution in [0.2, 0.25) is 5.02 Å². The number of ether oxygens (including phenoxy) is 1. The van der Waals surface area contributed by atoms with Crippen molar-refractivity contribution in [2.24, 2.45) is 0 Å². The molecule has 0 spiro atoms. The van der Waals surface area contributed by atoms with Crippen molar-refractivity contribution in [3.8, 4) is 16.9 Å². The summed E-state index contributed by atoms with van der Waals surface area (Å²) in [6, 6.07) is 17.3. The number of halogens is 1. The number of hydrogen-bond donors (Lipinski definition) is 1. The lowest BCUT2D eigenvalue weighted by molar-refractivity contribution is -0.136. The maximum atomic E-state index is 13.7. The fraction of sp³-hybridized carbons (Fsp3) is 0.160. The molecular weight excluding hydrogens is 462 g/mol. The van der Waals surface area contributed by atoms with E-state index in [2.05, 4.69) is 0 Å². The summed E-state index contributed by atoms with van der Waals surface area (Å²) < 4.78 is 33.8. The van der Waals surface area contributed by atoms with Gasteiger partial charge < -0.3 is 9.84 Å². The molecule has 0 atom stereocenters. The third-order valence-electron chi connectivity index (χ3n) is 5.56. The molecular formula is C25H22ClNO5S. The van der Waals surface area contributed by atoms with Crippen LogP contribution in [0.3, 0.4) is 0 Å². The highest BCUT2D eigenvalue weighted by Crippen LogP contribution is 2.32. The van der Waals surface area contributed by atoms with Crippen LogP contribution in [0.15, 0.2) is 71.8 Å². The Balaban J connectivity index is 1.85. The summed E-state index contributed by atoms with van der Waals surface area (Å²) in [7, 11) is -2.43. The molecule has 0 aliphatic heterocycles. The lowest BCUT2D eigenvalue weighted by atomic mass is 10.0. The maximum Gasteiger partial charge on any atom is 0.303 e. The largest absolute Gasteiger partial charge is 0.497 e. The van der Waals surface area contributed by atoms with E-state index in [1.54, 1.807) is 42.5 Å². The number of aliphatic carboxylic acids is 1. The monoisotopic (exact) mass is 483 g/mol. The lowest BCUT2D eigenvalue weighted by Crippen LogP contribution is -2.12. The SMILES string of the molecule is COc1ccc2c(c1)c(CCC(=O)O)cn2S(=O)(=O)c1cccc(-c2ccc(Cl)cc2C)c1. The van der Waals surface area contributed by atoms with Gasteiger partial charge in [0.25, 0.3) is 10.0 Å². The molecule has 4 aromatic rings. The number of aromatic nitrogens is 1. The van der Waals surface area contributed by atoms with Gasteiger partial charge in [-0.15, -0.1) is 0 Å². The molecule has 0 radical (unpaired) electrons. The number of rotatable bonds is 7. The fourth-order valence-corrected chi connectivity index (χ4v) is 5.56. The third-order valence-corrected chi connectivity index (χ3v) is 7.46. The van der Waals surface area contributed by atoms with E-state index in [1.165, 1.54) is 17.3 Å². The number of nitrogens with zero attached hydrogens (tertiary/aromatic N) is 1. The van der Waals surface area contributed by atoms with Gasteiger partial charge in [0.15, 0.2) is 0 Å². The van der Waals surface area contributed by atoms with Crippen molar-refractivity contribution in [3.63, 3.8) is 0 Å². The minimum atomic E-state index is -3.95. The summed E-state index contributed by atoms with van der Waals surface area (Å²) in [5.74, 6) is -0.387. The van der Waals surface area contributed by atoms with Gasteiger partial charge in [0.1, 0.15) is 5.75 Å². The molecule has 33 heavy (non-hydrogen) atoms. The van der Waals surface area contributed by atoms with E-state index in [0.29, 0.717) is 27.2 Å². The molecule has 0 unspecified atom stereocenters. The number of aryl methyl sites for hydroxylation is 2. The average molecular weight is 484 g/mol. The van der Waals surface area contributed by atoms with E-state index in [-0.39, 0.29) is 17.7 Å². The smallest absolute Gasteiger partial charge is 0.303 e. The molecule has 0 saturated carbocycles. The number of benzene rings is 3. The topological polar surface area (TPSA) is 85.6 Å². The standard InChI is InChI=1S/C25H22ClNO5S/c1-16-12-19(26)7-9-22(16)17-4-3-5-21(13-17)33(30,31)27-15-18(6-11-25(28)29)23-14-20(32-2)8-10-24(23)27/h3-5,7-10,12-15H,6,11H2,1-2H3,(H,28,29). The zero-order valence-electron chi connectivity index (χ0n) is 18.1. The van der Waals surface area contributed by atoms with Crippen LogP contribution >= 0.6 is 11.6 Å². The minimum absolute atomic E-state index is 0.109. The number of methoxy groups -OCH3 is 1. The molecule has 4 rings (SSSR count). The molecule has 6 nitrogen and oxygen atoms in total. The van der Waals surface area contributed by atoms with Crippen LogP contribution in [-0.4, -0.2) is 30.6 Å². The summed E-state index contributed by atoms with van der Waals surface area (Å²) in [4.78, 5) is 11.3. The molecule has 1 aromatic heterocycles. The van der Waals surface area contributed by atoms with Gasteiger partial charge in [-0.1, -0.05) is 29.8 Å². The Morgan fingerprint density at radius 2 is 1.88 bits per heavy atom. The van der Waals surface area contributed by atoms with Crippen molar-refractivity contribution >= 4 is 38.5 Å². The van der Waals surface area contributed by atoms with E-state index < -0.39 is 16.0 Å². The number of carboxylic acid groups (broad SMARTS) is 1. The van der Waals surface area contributed by atoms with E-state index in [9.17, 15) is 13.2 Å². The molecule has 0 amide bonds. The number of hydrogen-bond acceptors (Lipinski definition) is 4. The summed E-state index contributed by atoms with van der Waals surface area (Å²) in [5.41, 5.74) is 3.67. The van der Waals surface area contributed by atoms with Crippen LogP contribution in [0.25, 0.3) is 22.0 Å². The van der Waals surface area contributed by atoms with Crippen molar-refractivity contribution in [2.75, 3.05) is 7.11 Å². The molecule has 0 saturated heterocycles. The van der Waals surface area contributed by atoms with Gasteiger partial charge in [-0.2, -0.15) is 0 Å². The van der Waals surface area contributed by atoms with E-state index in [0.717, 1.165) is 16.7 Å². The highest BCUT2D eigenvalue weighted by Gasteiger charge is 2.22. The van der Waals surface area contributed by atoms with Crippen LogP contribution < -0.4 is 4.74 Å². The molecule has 170 valence electrons. The van der Waals surface area contributed by atoms with E-state index in [1.807, 2.05) is 25.1 Å². The predicted molar refractivity (Wildman–Crippen MR) is 129 cm³/mol. The van der Waals surface area contributed by atoms with Gasteiger partial charge in [0, 0.05) is 23.0 Å². The van der Waals surface area contributed by atoms with Crippen LogP contribution in [0, 0.1) is 6.92 Å². The van der Waals surface area contributed by atoms with Crippen molar-refractivity contribution in [3.05, 3.63) is 83.0 Å². The molecule has 0 aliphatic carbocycles. The normalized spacial score (nSPS) is 11.6. The second-order valence-corrected chi connectivity index (χ2v) is 9.97. The quantitative estimate of drug-likeness (QED) is 0.373. The first-order valence-electron chi connectivity index (χ1n) is 10.2. The maximum absolute atomic E-state index is 13.7.